The molecule has 11 heteroatoms. The first kappa shape index (κ1) is 33.0. The Morgan fingerprint density at radius 2 is 1.59 bits per heavy atom. The number of nitrogens with zero attached hydrogens (tertiary/aromatic N) is 1. The van der Waals surface area contributed by atoms with Gasteiger partial charge >= 0.3 is 5.97 Å². The Hall–Kier alpha value is -3.93. The molecule has 3 aromatic carbocycles. The first-order valence-corrected chi connectivity index (χ1v) is 15.9. The second-order valence-electron chi connectivity index (χ2n) is 10.8. The lowest BCUT2D eigenvalue weighted by molar-refractivity contribution is -0.150. The number of ether oxygens (including phenoxy) is 4. The minimum Gasteiger partial charge on any atom is -0.496 e. The summed E-state index contributed by atoms with van der Waals surface area (Å²) in [4.78, 5) is 26.7. The Morgan fingerprint density at radius 3 is 2.16 bits per heavy atom. The highest BCUT2D eigenvalue weighted by molar-refractivity contribution is 7.89. The van der Waals surface area contributed by atoms with Crippen LogP contribution in [0.4, 0.5) is 0 Å². The Morgan fingerprint density at radius 1 is 0.955 bits per heavy atom. The number of benzene rings is 3. The summed E-state index contributed by atoms with van der Waals surface area (Å²) in [5.74, 6) is 0.0711. The van der Waals surface area contributed by atoms with Crippen LogP contribution < -0.4 is 14.8 Å². The second kappa shape index (κ2) is 14.2. The van der Waals surface area contributed by atoms with Crippen molar-refractivity contribution in [1.29, 1.82) is 0 Å². The van der Waals surface area contributed by atoms with Gasteiger partial charge in [0.1, 0.15) is 23.1 Å². The van der Waals surface area contributed by atoms with E-state index < -0.39 is 33.5 Å². The molecule has 0 spiro atoms. The molecule has 10 nitrogen and oxygen atoms in total. The Balaban J connectivity index is 1.57. The highest BCUT2D eigenvalue weighted by Crippen LogP contribution is 2.40. The van der Waals surface area contributed by atoms with E-state index in [9.17, 15) is 18.0 Å². The molecular formula is C33H40N2O8S. The SMILES string of the molecule is CCOCc1cc(OC)c(-c2ccc(CC(C)(NC(=O)[C@@H]3CCCN3S(=O)(=O)c3ccccc3)C(=O)OC)cc2)c(OC)c1. The number of sulfonamides is 1. The van der Waals surface area contributed by atoms with Crippen molar-refractivity contribution in [2.24, 2.45) is 0 Å². The maximum Gasteiger partial charge on any atom is 0.331 e. The number of carbonyl (C=O) groups is 2. The normalized spacial score (nSPS) is 16.6. The van der Waals surface area contributed by atoms with Crippen molar-refractivity contribution in [1.82, 2.24) is 9.62 Å². The number of carbonyl (C=O) groups excluding carboxylic acids is 2. The van der Waals surface area contributed by atoms with Gasteiger partial charge in [-0.05, 0) is 67.6 Å². The average molecular weight is 625 g/mol. The van der Waals surface area contributed by atoms with E-state index in [-0.39, 0.29) is 17.9 Å². The summed E-state index contributed by atoms with van der Waals surface area (Å²) in [6, 6.07) is 18.4. The van der Waals surface area contributed by atoms with E-state index in [1.165, 1.54) is 23.5 Å². The van der Waals surface area contributed by atoms with Crippen LogP contribution in [0.5, 0.6) is 11.5 Å². The van der Waals surface area contributed by atoms with Gasteiger partial charge in [-0.2, -0.15) is 4.31 Å². The van der Waals surface area contributed by atoms with Crippen molar-refractivity contribution in [3.63, 3.8) is 0 Å². The van der Waals surface area contributed by atoms with Crippen LogP contribution in [-0.4, -0.2) is 70.7 Å². The van der Waals surface area contributed by atoms with Crippen LogP contribution >= 0.6 is 0 Å². The number of hydrogen-bond acceptors (Lipinski definition) is 8. The topological polar surface area (TPSA) is 120 Å². The maximum atomic E-state index is 13.6. The Labute approximate surface area is 259 Å². The van der Waals surface area contributed by atoms with Crippen LogP contribution in [0.15, 0.2) is 71.6 Å². The fourth-order valence-corrected chi connectivity index (χ4v) is 7.19. The van der Waals surface area contributed by atoms with E-state index in [2.05, 4.69) is 5.32 Å². The lowest BCUT2D eigenvalue weighted by atomic mass is 9.91. The maximum absolute atomic E-state index is 13.6. The number of methoxy groups -OCH3 is 3. The van der Waals surface area contributed by atoms with Crippen LogP contribution in [0.2, 0.25) is 0 Å². The predicted octanol–water partition coefficient (Wildman–Crippen LogP) is 4.35. The fourth-order valence-electron chi connectivity index (χ4n) is 5.52. The van der Waals surface area contributed by atoms with Gasteiger partial charge in [0.05, 0.1) is 38.4 Å². The third-order valence-electron chi connectivity index (χ3n) is 7.73. The van der Waals surface area contributed by atoms with Gasteiger partial charge in [0.25, 0.3) is 0 Å². The number of rotatable bonds is 13. The van der Waals surface area contributed by atoms with Crippen molar-refractivity contribution in [2.75, 3.05) is 34.5 Å². The molecule has 0 saturated carbocycles. The summed E-state index contributed by atoms with van der Waals surface area (Å²) >= 11 is 0. The van der Waals surface area contributed by atoms with Crippen LogP contribution in [0, 0.1) is 0 Å². The van der Waals surface area contributed by atoms with E-state index in [0.717, 1.165) is 22.3 Å². The van der Waals surface area contributed by atoms with Crippen molar-refractivity contribution in [3.05, 3.63) is 77.9 Å². The van der Waals surface area contributed by atoms with E-state index in [1.807, 2.05) is 43.3 Å². The summed E-state index contributed by atoms with van der Waals surface area (Å²) in [5, 5.41) is 2.82. The zero-order valence-electron chi connectivity index (χ0n) is 25.8. The third kappa shape index (κ3) is 7.06. The molecule has 1 aliphatic rings. The summed E-state index contributed by atoms with van der Waals surface area (Å²) in [6.45, 7) is 4.74. The molecule has 236 valence electrons. The van der Waals surface area contributed by atoms with Crippen LogP contribution in [-0.2, 0) is 42.1 Å². The number of nitrogens with one attached hydrogen (secondary N) is 1. The number of esters is 1. The lowest BCUT2D eigenvalue weighted by Gasteiger charge is -2.31. The average Bonchev–Trinajstić information content (AvgIpc) is 3.55. The number of amides is 1. The molecule has 0 radical (unpaired) electrons. The molecule has 3 aromatic rings. The molecule has 0 bridgehead atoms. The van der Waals surface area contributed by atoms with Gasteiger partial charge in [0.2, 0.25) is 15.9 Å². The third-order valence-corrected chi connectivity index (χ3v) is 9.65. The summed E-state index contributed by atoms with van der Waals surface area (Å²) in [5.41, 5.74) is 1.83. The van der Waals surface area contributed by atoms with Gasteiger partial charge < -0.3 is 24.3 Å². The second-order valence-corrected chi connectivity index (χ2v) is 12.7. The summed E-state index contributed by atoms with van der Waals surface area (Å²) in [6.07, 6.45) is 0.988. The van der Waals surface area contributed by atoms with Crippen molar-refractivity contribution >= 4 is 21.9 Å². The summed E-state index contributed by atoms with van der Waals surface area (Å²) < 4.78 is 49.9. The molecular weight excluding hydrogens is 584 g/mol. The van der Waals surface area contributed by atoms with Crippen molar-refractivity contribution in [3.8, 4) is 22.6 Å². The molecule has 2 atom stereocenters. The van der Waals surface area contributed by atoms with E-state index in [0.29, 0.717) is 37.6 Å². The largest absolute Gasteiger partial charge is 0.496 e. The van der Waals surface area contributed by atoms with Gasteiger partial charge in [-0.25, -0.2) is 13.2 Å². The highest BCUT2D eigenvalue weighted by Gasteiger charge is 2.44. The standard InChI is InChI=1S/C33H40N2O8S/c1-6-43-22-24-19-28(40-3)30(29(20-24)41-4)25-16-14-23(15-17-25)21-33(2,32(37)42-5)34-31(36)27-13-10-18-35(27)44(38,39)26-11-8-7-9-12-26/h7-9,11-12,14-17,19-20,27H,6,10,13,18,21-22H2,1-5H3,(H,34,36)/t27-,33?/m0/s1. The molecule has 0 aliphatic carbocycles. The van der Waals surface area contributed by atoms with Gasteiger partial charge in [-0.1, -0.05) is 42.5 Å². The molecule has 1 unspecified atom stereocenters. The summed E-state index contributed by atoms with van der Waals surface area (Å²) in [7, 11) is 0.551. The van der Waals surface area contributed by atoms with Gasteiger partial charge in [0.15, 0.2) is 0 Å². The van der Waals surface area contributed by atoms with Crippen LogP contribution in [0.1, 0.15) is 37.8 Å². The van der Waals surface area contributed by atoms with E-state index >= 15 is 0 Å². The van der Waals surface area contributed by atoms with Crippen LogP contribution in [0.3, 0.4) is 0 Å². The molecule has 1 N–H and O–H groups in total. The van der Waals surface area contributed by atoms with E-state index in [4.69, 9.17) is 18.9 Å². The zero-order valence-corrected chi connectivity index (χ0v) is 26.6. The van der Waals surface area contributed by atoms with Crippen molar-refractivity contribution in [2.45, 2.75) is 56.2 Å². The minimum atomic E-state index is -3.89. The molecule has 1 heterocycles. The first-order valence-electron chi connectivity index (χ1n) is 14.5. The molecule has 1 fully saturated rings. The Kier molecular flexibility index (Phi) is 10.7. The van der Waals surface area contributed by atoms with Crippen molar-refractivity contribution < 1.29 is 37.0 Å². The smallest absolute Gasteiger partial charge is 0.331 e. The molecule has 1 amide bonds. The molecule has 1 aliphatic heterocycles. The Bertz CT molecular complexity index is 1540. The van der Waals surface area contributed by atoms with Crippen LogP contribution in [0.25, 0.3) is 11.1 Å². The highest BCUT2D eigenvalue weighted by atomic mass is 32.2. The van der Waals surface area contributed by atoms with Gasteiger partial charge in [-0.15, -0.1) is 0 Å². The first-order chi connectivity index (χ1) is 21.1. The molecule has 1 saturated heterocycles. The van der Waals surface area contributed by atoms with E-state index in [1.54, 1.807) is 39.3 Å². The molecule has 44 heavy (non-hydrogen) atoms. The predicted molar refractivity (Wildman–Crippen MR) is 166 cm³/mol. The van der Waals surface area contributed by atoms with Gasteiger partial charge in [-0.3, -0.25) is 4.79 Å². The molecule has 0 aromatic heterocycles. The quantitative estimate of drug-likeness (QED) is 0.279. The van der Waals surface area contributed by atoms with Gasteiger partial charge in [0, 0.05) is 19.6 Å². The molecule has 4 rings (SSSR count). The number of hydrogen-bond donors (Lipinski definition) is 1. The monoisotopic (exact) mass is 624 g/mol. The lowest BCUT2D eigenvalue weighted by Crippen LogP contribution is -2.58. The fraction of sp³-hybridized carbons (Fsp3) is 0.394. The zero-order chi connectivity index (χ0) is 31.9. The minimum absolute atomic E-state index is 0.116.